The highest BCUT2D eigenvalue weighted by atomic mass is 16.2. The molecule has 3 heteroatoms. The Kier molecular flexibility index (Phi) is 4.97. The fourth-order valence-corrected chi connectivity index (χ4v) is 2.59. The molecule has 1 heterocycles. The molecule has 1 saturated heterocycles. The smallest absolute Gasteiger partial charge is 0.237 e. The van der Waals surface area contributed by atoms with Crippen molar-refractivity contribution >= 4 is 5.91 Å². The Bertz CT molecular complexity index is 423. The van der Waals surface area contributed by atoms with E-state index in [2.05, 4.69) is 35.8 Å². The zero-order chi connectivity index (χ0) is 13.7. The fourth-order valence-electron chi connectivity index (χ4n) is 2.59. The standard InChI is InChI=1S/C16H24N2O/c1-12-7-6-8-14(11-12)13(2)18-16(19)15-9-4-3-5-10-17-15/h6-8,11,13,15,17H,3-5,9-10H2,1-2H3,(H,18,19)/t13-,15?/m0/s1. The highest BCUT2D eigenvalue weighted by Crippen LogP contribution is 2.15. The molecule has 1 aliphatic heterocycles. The summed E-state index contributed by atoms with van der Waals surface area (Å²) in [5.41, 5.74) is 2.40. The summed E-state index contributed by atoms with van der Waals surface area (Å²) in [6.45, 7) is 5.07. The Morgan fingerprint density at radius 2 is 2.21 bits per heavy atom. The number of amides is 1. The maximum atomic E-state index is 12.2. The lowest BCUT2D eigenvalue weighted by atomic mass is 10.0. The summed E-state index contributed by atoms with van der Waals surface area (Å²) in [6, 6.07) is 8.36. The third-order valence-corrected chi connectivity index (χ3v) is 3.78. The van der Waals surface area contributed by atoms with E-state index in [1.165, 1.54) is 24.0 Å². The van der Waals surface area contributed by atoms with Gasteiger partial charge in [0.15, 0.2) is 0 Å². The lowest BCUT2D eigenvalue weighted by Crippen LogP contribution is -2.44. The van der Waals surface area contributed by atoms with Crippen LogP contribution in [0.3, 0.4) is 0 Å². The quantitative estimate of drug-likeness (QED) is 0.877. The van der Waals surface area contributed by atoms with Gasteiger partial charge >= 0.3 is 0 Å². The minimum Gasteiger partial charge on any atom is -0.348 e. The highest BCUT2D eigenvalue weighted by molar-refractivity contribution is 5.82. The Morgan fingerprint density at radius 1 is 1.37 bits per heavy atom. The molecule has 1 aromatic rings. The Labute approximate surface area is 115 Å². The number of hydrogen-bond donors (Lipinski definition) is 2. The molecular weight excluding hydrogens is 236 g/mol. The second kappa shape index (κ2) is 6.71. The first-order valence-corrected chi connectivity index (χ1v) is 7.27. The minimum absolute atomic E-state index is 0.0187. The van der Waals surface area contributed by atoms with Crippen molar-refractivity contribution in [1.29, 1.82) is 0 Å². The van der Waals surface area contributed by atoms with Crippen LogP contribution in [0.5, 0.6) is 0 Å². The Balaban J connectivity index is 1.94. The number of rotatable bonds is 3. The zero-order valence-corrected chi connectivity index (χ0v) is 11.9. The van der Waals surface area contributed by atoms with E-state index < -0.39 is 0 Å². The summed E-state index contributed by atoms with van der Waals surface area (Å²) in [5.74, 6) is 0.135. The monoisotopic (exact) mass is 260 g/mol. The third kappa shape index (κ3) is 4.06. The minimum atomic E-state index is -0.0187. The van der Waals surface area contributed by atoms with E-state index in [9.17, 15) is 4.79 Å². The predicted molar refractivity (Wildman–Crippen MR) is 78.0 cm³/mol. The number of benzene rings is 1. The summed E-state index contributed by atoms with van der Waals surface area (Å²) < 4.78 is 0. The van der Waals surface area contributed by atoms with Crippen molar-refractivity contribution in [2.75, 3.05) is 6.54 Å². The van der Waals surface area contributed by atoms with E-state index in [4.69, 9.17) is 0 Å². The van der Waals surface area contributed by atoms with Crippen molar-refractivity contribution in [1.82, 2.24) is 10.6 Å². The van der Waals surface area contributed by atoms with Gasteiger partial charge in [-0.25, -0.2) is 0 Å². The Hall–Kier alpha value is -1.35. The Morgan fingerprint density at radius 3 is 3.00 bits per heavy atom. The van der Waals surface area contributed by atoms with Crippen LogP contribution in [0.25, 0.3) is 0 Å². The summed E-state index contributed by atoms with van der Waals surface area (Å²) in [7, 11) is 0. The van der Waals surface area contributed by atoms with Crippen LogP contribution in [0.4, 0.5) is 0 Å². The molecule has 104 valence electrons. The van der Waals surface area contributed by atoms with Crippen LogP contribution < -0.4 is 10.6 Å². The van der Waals surface area contributed by atoms with Gasteiger partial charge in [-0.05, 0) is 38.8 Å². The zero-order valence-electron chi connectivity index (χ0n) is 11.9. The van der Waals surface area contributed by atoms with Crippen molar-refractivity contribution < 1.29 is 4.79 Å². The van der Waals surface area contributed by atoms with E-state index in [0.29, 0.717) is 0 Å². The average Bonchev–Trinajstić information content (AvgIpc) is 2.67. The molecule has 0 spiro atoms. The molecule has 2 rings (SSSR count). The molecule has 1 aliphatic rings. The van der Waals surface area contributed by atoms with Gasteiger partial charge in [-0.15, -0.1) is 0 Å². The van der Waals surface area contributed by atoms with Gasteiger partial charge in [-0.1, -0.05) is 42.7 Å². The van der Waals surface area contributed by atoms with Crippen LogP contribution in [0.2, 0.25) is 0 Å². The number of carbonyl (C=O) groups excluding carboxylic acids is 1. The maximum Gasteiger partial charge on any atom is 0.237 e. The largest absolute Gasteiger partial charge is 0.348 e. The average molecular weight is 260 g/mol. The first-order valence-electron chi connectivity index (χ1n) is 7.27. The lowest BCUT2D eigenvalue weighted by Gasteiger charge is -2.20. The van der Waals surface area contributed by atoms with Crippen molar-refractivity contribution in [3.63, 3.8) is 0 Å². The van der Waals surface area contributed by atoms with Gasteiger partial charge in [0.2, 0.25) is 5.91 Å². The summed E-state index contributed by atoms with van der Waals surface area (Å²) >= 11 is 0. The first-order chi connectivity index (χ1) is 9.16. The van der Waals surface area contributed by atoms with Crippen LogP contribution in [-0.4, -0.2) is 18.5 Å². The summed E-state index contributed by atoms with van der Waals surface area (Å²) in [5, 5.41) is 6.46. The molecule has 0 bridgehead atoms. The van der Waals surface area contributed by atoms with E-state index in [-0.39, 0.29) is 18.0 Å². The molecule has 1 fully saturated rings. The van der Waals surface area contributed by atoms with E-state index in [1.54, 1.807) is 0 Å². The summed E-state index contributed by atoms with van der Waals surface area (Å²) in [6.07, 6.45) is 4.50. The third-order valence-electron chi connectivity index (χ3n) is 3.78. The molecule has 3 nitrogen and oxygen atoms in total. The molecule has 0 aromatic heterocycles. The maximum absolute atomic E-state index is 12.2. The van der Waals surface area contributed by atoms with Gasteiger partial charge < -0.3 is 10.6 Å². The molecular formula is C16H24N2O. The van der Waals surface area contributed by atoms with Crippen molar-refractivity contribution in [3.8, 4) is 0 Å². The molecule has 1 unspecified atom stereocenters. The fraction of sp³-hybridized carbons (Fsp3) is 0.562. The summed E-state index contributed by atoms with van der Waals surface area (Å²) in [4.78, 5) is 12.2. The van der Waals surface area contributed by atoms with Crippen LogP contribution in [0, 0.1) is 6.92 Å². The number of carbonyl (C=O) groups is 1. The molecule has 0 radical (unpaired) electrons. The van der Waals surface area contributed by atoms with Gasteiger partial charge in [0.1, 0.15) is 0 Å². The molecule has 2 N–H and O–H groups in total. The van der Waals surface area contributed by atoms with Gasteiger partial charge in [0, 0.05) is 0 Å². The van der Waals surface area contributed by atoms with Crippen LogP contribution >= 0.6 is 0 Å². The van der Waals surface area contributed by atoms with E-state index in [0.717, 1.165) is 19.4 Å². The van der Waals surface area contributed by atoms with Gasteiger partial charge in [-0.3, -0.25) is 4.79 Å². The normalized spacial score (nSPS) is 21.5. The van der Waals surface area contributed by atoms with Gasteiger partial charge in [0.25, 0.3) is 0 Å². The predicted octanol–water partition coefficient (Wildman–Crippen LogP) is 2.70. The second-order valence-corrected chi connectivity index (χ2v) is 5.50. The van der Waals surface area contributed by atoms with Crippen molar-refractivity contribution in [2.45, 2.75) is 51.6 Å². The number of nitrogens with one attached hydrogen (secondary N) is 2. The van der Waals surface area contributed by atoms with E-state index in [1.807, 2.05) is 13.0 Å². The van der Waals surface area contributed by atoms with Crippen LogP contribution in [0.1, 0.15) is 49.8 Å². The molecule has 19 heavy (non-hydrogen) atoms. The highest BCUT2D eigenvalue weighted by Gasteiger charge is 2.21. The molecule has 1 amide bonds. The molecule has 0 saturated carbocycles. The number of hydrogen-bond acceptors (Lipinski definition) is 2. The van der Waals surface area contributed by atoms with Crippen molar-refractivity contribution in [3.05, 3.63) is 35.4 Å². The first kappa shape index (κ1) is 14.1. The van der Waals surface area contributed by atoms with Crippen molar-refractivity contribution in [2.24, 2.45) is 0 Å². The van der Waals surface area contributed by atoms with Crippen LogP contribution in [0.15, 0.2) is 24.3 Å². The van der Waals surface area contributed by atoms with Crippen LogP contribution in [-0.2, 0) is 4.79 Å². The van der Waals surface area contributed by atoms with Gasteiger partial charge in [-0.2, -0.15) is 0 Å². The SMILES string of the molecule is Cc1cccc([C@H](C)NC(=O)C2CCCCCN2)c1. The molecule has 0 aliphatic carbocycles. The lowest BCUT2D eigenvalue weighted by molar-refractivity contribution is -0.123. The molecule has 2 atom stereocenters. The topological polar surface area (TPSA) is 41.1 Å². The molecule has 1 aromatic carbocycles. The second-order valence-electron chi connectivity index (χ2n) is 5.50. The van der Waals surface area contributed by atoms with E-state index >= 15 is 0 Å². The number of aryl methyl sites for hydroxylation is 1. The van der Waals surface area contributed by atoms with Gasteiger partial charge in [0.05, 0.1) is 12.1 Å².